The van der Waals surface area contributed by atoms with Gasteiger partial charge in [-0.15, -0.1) is 0 Å². The number of methoxy groups -OCH3 is 1. The van der Waals surface area contributed by atoms with E-state index >= 15 is 0 Å². The van der Waals surface area contributed by atoms with Gasteiger partial charge in [-0.05, 0) is 62.2 Å². The first-order valence-corrected chi connectivity index (χ1v) is 15.4. The van der Waals surface area contributed by atoms with Crippen molar-refractivity contribution in [2.45, 2.75) is 48.6 Å². The molecule has 9 nitrogen and oxygen atoms in total. The molecule has 1 aliphatic heterocycles. The van der Waals surface area contributed by atoms with Crippen molar-refractivity contribution < 1.29 is 31.4 Å². The van der Waals surface area contributed by atoms with Crippen LogP contribution >= 0.6 is 0 Å². The molecule has 38 heavy (non-hydrogen) atoms. The number of nitrogens with zero attached hydrogens (tertiary/aromatic N) is 2. The van der Waals surface area contributed by atoms with Crippen LogP contribution in [0.1, 0.15) is 32.3 Å². The maximum absolute atomic E-state index is 13.6. The molecule has 2 aromatic rings. The van der Waals surface area contributed by atoms with Gasteiger partial charge in [0.1, 0.15) is 22.5 Å². The van der Waals surface area contributed by atoms with Crippen LogP contribution in [-0.2, 0) is 20.0 Å². The van der Waals surface area contributed by atoms with E-state index in [1.54, 1.807) is 31.2 Å². The van der Waals surface area contributed by atoms with Crippen molar-refractivity contribution in [3.05, 3.63) is 48.0 Å². The van der Waals surface area contributed by atoms with Gasteiger partial charge in [-0.3, -0.25) is 0 Å². The van der Waals surface area contributed by atoms with Gasteiger partial charge in [0.2, 0.25) is 20.0 Å². The smallest absolute Gasteiger partial charge is 0.247 e. The highest BCUT2D eigenvalue weighted by molar-refractivity contribution is 7.89. The maximum atomic E-state index is 13.6. The summed E-state index contributed by atoms with van der Waals surface area (Å²) in [6.45, 7) is 3.12. The van der Waals surface area contributed by atoms with Gasteiger partial charge in [-0.2, -0.15) is 8.61 Å². The summed E-state index contributed by atoms with van der Waals surface area (Å²) in [5.74, 6) is 6.89. The number of fused-ring (bicyclic) bond motifs is 1. The number of aliphatic hydroxyl groups excluding tert-OH is 1. The molecule has 1 fully saturated rings. The number of aliphatic hydroxyl groups is 1. The van der Waals surface area contributed by atoms with E-state index in [4.69, 9.17) is 9.47 Å². The average Bonchev–Trinajstić information content (AvgIpc) is 3.73. The second-order valence-electron chi connectivity index (χ2n) is 9.91. The fourth-order valence-electron chi connectivity index (χ4n) is 4.21. The fourth-order valence-corrected chi connectivity index (χ4v) is 7.22. The number of rotatable bonds is 7. The zero-order valence-corrected chi connectivity index (χ0v) is 23.6. The van der Waals surface area contributed by atoms with E-state index in [1.165, 1.54) is 41.0 Å². The first-order chi connectivity index (χ1) is 18.0. The third kappa shape index (κ3) is 6.00. The van der Waals surface area contributed by atoms with Crippen molar-refractivity contribution in [3.8, 4) is 23.3 Å². The number of hydrogen-bond acceptors (Lipinski definition) is 7. The molecule has 1 aliphatic carbocycles. The summed E-state index contributed by atoms with van der Waals surface area (Å²) in [6.07, 6.45) is 1.44. The molecule has 0 unspecified atom stereocenters. The zero-order chi connectivity index (χ0) is 27.7. The molecule has 3 atom stereocenters. The molecule has 1 saturated carbocycles. The largest absolute Gasteiger partial charge is 0.497 e. The van der Waals surface area contributed by atoms with Gasteiger partial charge in [0, 0.05) is 37.0 Å². The van der Waals surface area contributed by atoms with Gasteiger partial charge in [0.05, 0.1) is 25.2 Å². The minimum absolute atomic E-state index is 0.0195. The van der Waals surface area contributed by atoms with Crippen LogP contribution in [-0.4, -0.2) is 76.6 Å². The van der Waals surface area contributed by atoms with Crippen molar-refractivity contribution in [1.29, 1.82) is 0 Å². The molecule has 1 N–H and O–H groups in total. The monoisotopic (exact) mass is 562 g/mol. The predicted octanol–water partition coefficient (Wildman–Crippen LogP) is 2.55. The molecule has 206 valence electrons. The van der Waals surface area contributed by atoms with E-state index < -0.39 is 38.1 Å². The Balaban J connectivity index is 1.70. The molecule has 0 amide bonds. The molecule has 1 heterocycles. The van der Waals surface area contributed by atoms with Gasteiger partial charge in [-0.25, -0.2) is 16.8 Å². The molecule has 2 aliphatic rings. The van der Waals surface area contributed by atoms with Crippen molar-refractivity contribution in [3.63, 3.8) is 0 Å². The summed E-state index contributed by atoms with van der Waals surface area (Å²) in [7, 11) is -4.88. The summed E-state index contributed by atoms with van der Waals surface area (Å²) >= 11 is 0. The van der Waals surface area contributed by atoms with Crippen molar-refractivity contribution in [2.75, 3.05) is 33.9 Å². The van der Waals surface area contributed by atoms with E-state index in [-0.39, 0.29) is 35.2 Å². The summed E-state index contributed by atoms with van der Waals surface area (Å²) in [4.78, 5) is 0.0720. The molecule has 0 aromatic heterocycles. The van der Waals surface area contributed by atoms with Crippen LogP contribution in [0.4, 0.5) is 0 Å². The Kier molecular flexibility index (Phi) is 8.40. The Labute approximate surface area is 225 Å². The molecular formula is C27H34N2O7S2. The quantitative estimate of drug-likeness (QED) is 0.516. The minimum atomic E-state index is -4.00. The highest BCUT2D eigenvalue weighted by Gasteiger charge is 2.39. The van der Waals surface area contributed by atoms with Crippen LogP contribution in [0.5, 0.6) is 11.5 Å². The third-order valence-electron chi connectivity index (χ3n) is 6.87. The Hall–Kier alpha value is -2.62. The average molecular weight is 563 g/mol. The zero-order valence-electron chi connectivity index (χ0n) is 22.0. The summed E-state index contributed by atoms with van der Waals surface area (Å²) < 4.78 is 67.8. The second-order valence-corrected chi connectivity index (χ2v) is 13.8. The van der Waals surface area contributed by atoms with Gasteiger partial charge in [0.15, 0.2) is 0 Å². The lowest BCUT2D eigenvalue weighted by Crippen LogP contribution is -2.50. The van der Waals surface area contributed by atoms with Gasteiger partial charge in [-0.1, -0.05) is 18.8 Å². The lowest BCUT2D eigenvalue weighted by Gasteiger charge is -2.37. The second kappa shape index (κ2) is 11.2. The first-order valence-electron chi connectivity index (χ1n) is 12.5. The highest BCUT2D eigenvalue weighted by atomic mass is 32.2. The number of ether oxygens (including phenoxy) is 2. The van der Waals surface area contributed by atoms with E-state index in [9.17, 15) is 21.9 Å². The van der Waals surface area contributed by atoms with Crippen LogP contribution in [0, 0.1) is 23.7 Å². The van der Waals surface area contributed by atoms with Crippen LogP contribution < -0.4 is 9.47 Å². The molecule has 0 saturated heterocycles. The molecule has 0 bridgehead atoms. The van der Waals surface area contributed by atoms with Gasteiger partial charge in [0.25, 0.3) is 0 Å². The number of hydrogen-bond donors (Lipinski definition) is 1. The standard InChI is InChI=1S/C27H34N2O7S2/c1-19-16-29(20(2)18-30)38(33,34)27-14-9-22(8-7-21-5-6-21)15-25(27)36-26(19)17-28(3)37(31,32)24-12-10-23(35-4)11-13-24/h9-15,19-21,26,30H,5-6,16-18H2,1-4H3/t19-,20+,26-/m0/s1. The number of likely N-dealkylation sites (N-methyl/N-ethyl adjacent to an activating group) is 1. The van der Waals surface area contributed by atoms with Crippen LogP contribution in [0.15, 0.2) is 52.3 Å². The minimum Gasteiger partial charge on any atom is -0.497 e. The molecule has 2 aromatic carbocycles. The Morgan fingerprint density at radius 3 is 2.50 bits per heavy atom. The van der Waals surface area contributed by atoms with Crippen molar-refractivity contribution in [2.24, 2.45) is 11.8 Å². The number of sulfonamides is 2. The Morgan fingerprint density at radius 2 is 1.89 bits per heavy atom. The Bertz CT molecular complexity index is 1430. The lowest BCUT2D eigenvalue weighted by molar-refractivity contribution is 0.0904. The maximum Gasteiger partial charge on any atom is 0.247 e. The number of benzene rings is 2. The summed E-state index contributed by atoms with van der Waals surface area (Å²) in [6, 6.07) is 10.2. The fraction of sp³-hybridized carbons (Fsp3) is 0.481. The van der Waals surface area contributed by atoms with Gasteiger partial charge < -0.3 is 14.6 Å². The molecule has 4 rings (SSSR count). The third-order valence-corrected chi connectivity index (χ3v) is 10.7. The summed E-state index contributed by atoms with van der Waals surface area (Å²) in [5.41, 5.74) is 0.624. The molecular weight excluding hydrogens is 528 g/mol. The van der Waals surface area contributed by atoms with E-state index in [1.807, 2.05) is 6.92 Å². The van der Waals surface area contributed by atoms with Crippen molar-refractivity contribution in [1.82, 2.24) is 8.61 Å². The highest BCUT2D eigenvalue weighted by Crippen LogP contribution is 2.35. The topological polar surface area (TPSA) is 113 Å². The van der Waals surface area contributed by atoms with E-state index in [0.29, 0.717) is 17.2 Å². The molecule has 0 spiro atoms. The van der Waals surface area contributed by atoms with Crippen LogP contribution in [0.2, 0.25) is 0 Å². The molecule has 0 radical (unpaired) electrons. The van der Waals surface area contributed by atoms with Crippen LogP contribution in [0.3, 0.4) is 0 Å². The predicted molar refractivity (Wildman–Crippen MR) is 143 cm³/mol. The van der Waals surface area contributed by atoms with Crippen molar-refractivity contribution >= 4 is 20.0 Å². The van der Waals surface area contributed by atoms with E-state index in [0.717, 1.165) is 12.8 Å². The lowest BCUT2D eigenvalue weighted by atomic mass is 10.0. The van der Waals surface area contributed by atoms with Crippen LogP contribution in [0.25, 0.3) is 0 Å². The first kappa shape index (κ1) is 28.4. The SMILES string of the molecule is COc1ccc(S(=O)(=O)N(C)C[C@@H]2Oc3cc(C#CC4CC4)ccc3S(=O)(=O)N([C@H](C)CO)C[C@@H]2C)cc1. The normalized spacial score (nSPS) is 22.3. The molecule has 11 heteroatoms. The summed E-state index contributed by atoms with van der Waals surface area (Å²) in [5, 5.41) is 9.82. The van der Waals surface area contributed by atoms with E-state index in [2.05, 4.69) is 11.8 Å². The Morgan fingerprint density at radius 1 is 1.21 bits per heavy atom. The van der Waals surface area contributed by atoms with Gasteiger partial charge >= 0.3 is 0 Å².